The molecule has 7 nitrogen and oxygen atoms in total. The second-order valence-corrected chi connectivity index (χ2v) is 5.64. The van der Waals surface area contributed by atoms with E-state index in [4.69, 9.17) is 20.2 Å². The summed E-state index contributed by atoms with van der Waals surface area (Å²) in [5.41, 5.74) is -0.525. The maximum absolute atomic E-state index is 11.4. The van der Waals surface area contributed by atoms with E-state index in [0.29, 0.717) is 0 Å². The highest BCUT2D eigenvalue weighted by atomic mass is 35.7. The van der Waals surface area contributed by atoms with E-state index in [1.54, 1.807) is 6.92 Å². The molecule has 0 aromatic heterocycles. The summed E-state index contributed by atoms with van der Waals surface area (Å²) in [4.78, 5) is 9.58. The molecule has 1 aromatic carbocycles. The monoisotopic (exact) mass is 295 g/mol. The lowest BCUT2D eigenvalue weighted by Gasteiger charge is -2.09. The zero-order valence-electron chi connectivity index (χ0n) is 9.54. The van der Waals surface area contributed by atoms with Crippen molar-refractivity contribution in [2.45, 2.75) is 11.8 Å². The third-order valence-corrected chi connectivity index (χ3v) is 3.31. The van der Waals surface area contributed by atoms with Gasteiger partial charge in [0.25, 0.3) is 9.05 Å². The summed E-state index contributed by atoms with van der Waals surface area (Å²) in [6.45, 7) is 1.89. The molecule has 0 radical (unpaired) electrons. The van der Waals surface area contributed by atoms with Crippen LogP contribution < -0.4 is 9.47 Å². The van der Waals surface area contributed by atoms with E-state index < -0.39 is 30.3 Å². The Morgan fingerprint density at radius 3 is 2.44 bits per heavy atom. The molecule has 0 unspecified atom stereocenters. The van der Waals surface area contributed by atoms with Crippen molar-refractivity contribution in [2.75, 3.05) is 13.7 Å². The lowest BCUT2D eigenvalue weighted by molar-refractivity contribution is -0.386. The highest BCUT2D eigenvalue weighted by molar-refractivity contribution is 8.13. The summed E-state index contributed by atoms with van der Waals surface area (Å²) in [5, 5.41) is 10.8. The van der Waals surface area contributed by atoms with Crippen molar-refractivity contribution >= 4 is 25.4 Å². The lowest BCUT2D eigenvalue weighted by atomic mass is 10.2. The third kappa shape index (κ3) is 3.02. The molecule has 0 atom stereocenters. The second-order valence-electron chi connectivity index (χ2n) is 3.10. The van der Waals surface area contributed by atoms with Crippen LogP contribution in [-0.4, -0.2) is 27.1 Å². The second kappa shape index (κ2) is 5.40. The molecule has 0 N–H and O–H groups in total. The van der Waals surface area contributed by atoms with E-state index in [1.165, 1.54) is 0 Å². The zero-order chi connectivity index (χ0) is 13.9. The van der Waals surface area contributed by atoms with Crippen LogP contribution in [0.4, 0.5) is 5.69 Å². The fourth-order valence-corrected chi connectivity index (χ4v) is 2.34. The van der Waals surface area contributed by atoms with Crippen LogP contribution in [0.15, 0.2) is 17.0 Å². The van der Waals surface area contributed by atoms with Gasteiger partial charge in [0.1, 0.15) is 10.6 Å². The van der Waals surface area contributed by atoms with Gasteiger partial charge in [-0.25, -0.2) is 8.42 Å². The molecule has 0 spiro atoms. The summed E-state index contributed by atoms with van der Waals surface area (Å²) in [6, 6.07) is 2.16. The Morgan fingerprint density at radius 2 is 2.06 bits per heavy atom. The fraction of sp³-hybridized carbons (Fsp3) is 0.333. The van der Waals surface area contributed by atoms with Gasteiger partial charge in [-0.05, 0) is 6.92 Å². The quantitative estimate of drug-likeness (QED) is 0.468. The van der Waals surface area contributed by atoms with E-state index in [0.717, 1.165) is 19.2 Å². The number of rotatable bonds is 5. The third-order valence-electron chi connectivity index (χ3n) is 1.98. The van der Waals surface area contributed by atoms with E-state index >= 15 is 0 Å². The van der Waals surface area contributed by atoms with E-state index in [9.17, 15) is 18.5 Å². The van der Waals surface area contributed by atoms with Crippen molar-refractivity contribution < 1.29 is 22.8 Å². The number of nitro groups is 1. The maximum Gasteiger partial charge on any atom is 0.316 e. The highest BCUT2D eigenvalue weighted by Crippen LogP contribution is 2.39. The Labute approximate surface area is 108 Å². The van der Waals surface area contributed by atoms with Gasteiger partial charge in [0.05, 0.1) is 24.7 Å². The predicted molar refractivity (Wildman–Crippen MR) is 63.9 cm³/mol. The smallest absolute Gasteiger partial charge is 0.316 e. The first-order chi connectivity index (χ1) is 8.31. The molecule has 9 heteroatoms. The number of halogens is 1. The molecular formula is C9H10ClNO6S. The minimum Gasteiger partial charge on any atom is -0.494 e. The molecule has 0 aliphatic heterocycles. The molecule has 0 bridgehead atoms. The first-order valence-electron chi connectivity index (χ1n) is 4.75. The Balaban J connectivity index is 3.61. The van der Waals surface area contributed by atoms with Crippen LogP contribution in [0.25, 0.3) is 0 Å². The molecule has 18 heavy (non-hydrogen) atoms. The summed E-state index contributed by atoms with van der Waals surface area (Å²) in [7, 11) is 2.15. The Kier molecular flexibility index (Phi) is 4.36. The van der Waals surface area contributed by atoms with Gasteiger partial charge in [0.15, 0.2) is 0 Å². The van der Waals surface area contributed by atoms with Crippen LogP contribution >= 0.6 is 10.7 Å². The Morgan fingerprint density at radius 1 is 1.44 bits per heavy atom. The molecule has 0 aliphatic rings. The van der Waals surface area contributed by atoms with E-state index in [2.05, 4.69) is 0 Å². The number of nitro benzene ring substituents is 1. The largest absolute Gasteiger partial charge is 0.494 e. The fourth-order valence-electron chi connectivity index (χ4n) is 1.33. The van der Waals surface area contributed by atoms with Gasteiger partial charge in [-0.3, -0.25) is 10.1 Å². The predicted octanol–water partition coefficient (Wildman–Crippen LogP) is 1.93. The molecule has 1 rings (SSSR count). The van der Waals surface area contributed by atoms with Crippen molar-refractivity contribution in [3.8, 4) is 11.5 Å². The number of hydrogen-bond donors (Lipinski definition) is 0. The number of hydrogen-bond acceptors (Lipinski definition) is 6. The normalized spacial score (nSPS) is 11.1. The Hall–Kier alpha value is -1.54. The number of ether oxygens (including phenoxy) is 2. The molecule has 100 valence electrons. The molecule has 0 fully saturated rings. The number of nitrogens with zero attached hydrogens (tertiary/aromatic N) is 1. The van der Waals surface area contributed by atoms with Crippen LogP contribution in [-0.2, 0) is 9.05 Å². The van der Waals surface area contributed by atoms with Gasteiger partial charge in [-0.1, -0.05) is 0 Å². The Bertz CT molecular complexity index is 571. The van der Waals surface area contributed by atoms with Crippen molar-refractivity contribution in [2.24, 2.45) is 0 Å². The SMILES string of the molecule is CCOc1cc([N+](=O)[O-])c(OC)c(S(=O)(=O)Cl)c1. The van der Waals surface area contributed by atoms with Crippen LogP contribution in [0, 0.1) is 10.1 Å². The molecule has 0 heterocycles. The average molecular weight is 296 g/mol. The topological polar surface area (TPSA) is 95.7 Å². The first kappa shape index (κ1) is 14.5. The van der Waals surface area contributed by atoms with Gasteiger partial charge >= 0.3 is 5.69 Å². The molecule has 1 aromatic rings. The van der Waals surface area contributed by atoms with Crippen LogP contribution in [0.5, 0.6) is 11.5 Å². The van der Waals surface area contributed by atoms with Crippen molar-refractivity contribution in [1.82, 2.24) is 0 Å². The average Bonchev–Trinajstić information content (AvgIpc) is 2.27. The van der Waals surface area contributed by atoms with Gasteiger partial charge in [0.2, 0.25) is 5.75 Å². The zero-order valence-corrected chi connectivity index (χ0v) is 11.1. The summed E-state index contributed by atoms with van der Waals surface area (Å²) in [5.74, 6) is -0.386. The minimum atomic E-state index is -4.18. The molecule has 0 saturated carbocycles. The minimum absolute atomic E-state index is 0.0317. The molecular weight excluding hydrogens is 286 g/mol. The lowest BCUT2D eigenvalue weighted by Crippen LogP contribution is -2.03. The summed E-state index contributed by atoms with van der Waals surface area (Å²) in [6.07, 6.45) is 0. The van der Waals surface area contributed by atoms with Crippen molar-refractivity contribution in [3.05, 3.63) is 22.2 Å². The highest BCUT2D eigenvalue weighted by Gasteiger charge is 2.27. The van der Waals surface area contributed by atoms with Gasteiger partial charge < -0.3 is 9.47 Å². The van der Waals surface area contributed by atoms with Gasteiger partial charge in [-0.2, -0.15) is 0 Å². The first-order valence-corrected chi connectivity index (χ1v) is 7.06. The van der Waals surface area contributed by atoms with E-state index in [-0.39, 0.29) is 12.4 Å². The van der Waals surface area contributed by atoms with E-state index in [1.807, 2.05) is 0 Å². The molecule has 0 aliphatic carbocycles. The van der Waals surface area contributed by atoms with Crippen molar-refractivity contribution in [3.63, 3.8) is 0 Å². The number of methoxy groups -OCH3 is 1. The van der Waals surface area contributed by atoms with Crippen molar-refractivity contribution in [1.29, 1.82) is 0 Å². The van der Waals surface area contributed by atoms with Gasteiger partial charge in [-0.15, -0.1) is 0 Å². The standard InChI is InChI=1S/C9H10ClNO6S/c1-3-17-6-4-7(11(12)13)9(16-2)8(5-6)18(10,14)15/h4-5H,3H2,1-2H3. The number of benzene rings is 1. The summed E-state index contributed by atoms with van der Waals surface area (Å²) >= 11 is 0. The molecule has 0 amide bonds. The van der Waals surface area contributed by atoms with Crippen LogP contribution in [0.3, 0.4) is 0 Å². The van der Waals surface area contributed by atoms with Crippen LogP contribution in [0.2, 0.25) is 0 Å². The van der Waals surface area contributed by atoms with Gasteiger partial charge in [0, 0.05) is 16.7 Å². The molecule has 0 saturated heterocycles. The van der Waals surface area contributed by atoms with Crippen LogP contribution in [0.1, 0.15) is 6.92 Å². The summed E-state index contributed by atoms with van der Waals surface area (Å²) < 4.78 is 32.5. The maximum atomic E-state index is 11.4.